The highest BCUT2D eigenvalue weighted by Crippen LogP contribution is 2.70. The molecule has 94 valence electrons. The van der Waals surface area contributed by atoms with Crippen LogP contribution in [0.4, 0.5) is 0 Å². The highest BCUT2D eigenvalue weighted by atomic mass is 28.4. The minimum Gasteiger partial charge on any atom is -0.377 e. The first-order valence-electron chi connectivity index (χ1n) is 5.99. The molecule has 0 radical (unpaired) electrons. The number of hydrogen-bond donors (Lipinski definition) is 0. The van der Waals surface area contributed by atoms with Gasteiger partial charge >= 0.3 is 8.80 Å². The number of epoxide rings is 1. The summed E-state index contributed by atoms with van der Waals surface area (Å²) in [5, 5.41) is 0. The second-order valence-corrected chi connectivity index (χ2v) is 7.99. The third kappa shape index (κ3) is 1.95. The summed E-state index contributed by atoms with van der Waals surface area (Å²) >= 11 is 0. The van der Waals surface area contributed by atoms with Gasteiger partial charge in [0.15, 0.2) is 0 Å². The minimum atomic E-state index is -2.19. The summed E-state index contributed by atoms with van der Waals surface area (Å²) in [6.07, 6.45) is 4.96. The monoisotopic (exact) mass is 246 g/mol. The fraction of sp³-hybridized carbons (Fsp3) is 1.00. The Hall–Kier alpha value is 0.0569. The van der Waals surface area contributed by atoms with Crippen LogP contribution in [0.3, 0.4) is 0 Å². The molecule has 3 unspecified atom stereocenters. The molecule has 0 aromatic heterocycles. The van der Waals surface area contributed by atoms with Crippen LogP contribution < -0.4 is 0 Å². The van der Waals surface area contributed by atoms with Crippen LogP contribution in [0.5, 0.6) is 0 Å². The van der Waals surface area contributed by atoms with E-state index in [1.807, 2.05) is 6.92 Å². The van der Waals surface area contributed by atoms with Gasteiger partial charge in [0, 0.05) is 27.4 Å². The van der Waals surface area contributed by atoms with Gasteiger partial charge in [0.1, 0.15) is 0 Å². The molecule has 16 heavy (non-hydrogen) atoms. The van der Waals surface area contributed by atoms with E-state index in [0.717, 1.165) is 18.1 Å². The first kappa shape index (κ1) is 12.5. The quantitative estimate of drug-likeness (QED) is 0.560. The van der Waals surface area contributed by atoms with Gasteiger partial charge in [-0.05, 0) is 25.2 Å². The normalized spacial score (nSPS) is 38.2. The summed E-state index contributed by atoms with van der Waals surface area (Å²) in [6, 6.07) is 0.816. The molecular weight excluding hydrogens is 224 g/mol. The third-order valence-corrected chi connectivity index (χ3v) is 6.82. The summed E-state index contributed by atoms with van der Waals surface area (Å²) in [4.78, 5) is 0. The van der Waals surface area contributed by atoms with Crippen molar-refractivity contribution in [3.63, 3.8) is 0 Å². The predicted molar refractivity (Wildman–Crippen MR) is 62.2 cm³/mol. The molecule has 0 bridgehead atoms. The van der Waals surface area contributed by atoms with Crippen molar-refractivity contribution >= 4 is 8.80 Å². The molecule has 4 nitrogen and oxygen atoms in total. The third-order valence-electron chi connectivity index (χ3n) is 4.09. The van der Waals surface area contributed by atoms with Gasteiger partial charge in [0.25, 0.3) is 0 Å². The lowest BCUT2D eigenvalue weighted by atomic mass is 10.2. The smallest absolute Gasteiger partial charge is 0.377 e. The molecule has 3 rings (SSSR count). The van der Waals surface area contributed by atoms with Crippen molar-refractivity contribution in [1.82, 2.24) is 0 Å². The van der Waals surface area contributed by atoms with Crippen molar-refractivity contribution in [3.05, 3.63) is 0 Å². The Morgan fingerprint density at radius 1 is 1.19 bits per heavy atom. The van der Waals surface area contributed by atoms with Crippen LogP contribution in [-0.2, 0) is 18.0 Å². The fourth-order valence-corrected chi connectivity index (χ4v) is 4.15. The molecule has 1 aliphatic heterocycles. The lowest BCUT2D eigenvalue weighted by molar-refractivity contribution is 0.125. The van der Waals surface area contributed by atoms with Crippen LogP contribution in [0.15, 0.2) is 0 Å². The SMILES string of the molecule is C1CC2OC23CC13.CC[Si](OC)(OC)OC. The highest BCUT2D eigenvalue weighted by Gasteiger charge is 2.76. The van der Waals surface area contributed by atoms with Crippen LogP contribution in [0.1, 0.15) is 26.2 Å². The fourth-order valence-electron chi connectivity index (χ4n) is 2.78. The number of hydrogen-bond acceptors (Lipinski definition) is 4. The molecular formula is C11H22O4Si. The Bertz CT molecular complexity index is 217. The maximum Gasteiger partial charge on any atom is 0.499 e. The Kier molecular flexibility index (Phi) is 3.43. The standard InChI is InChI=1S/C6H8O.C5H14O3Si/c1-2-5-6(7-5)3-4(1)6;1-5-9(6-2,7-3)8-4/h4-5H,1-3H2;5H2,1-4H3. The maximum absolute atomic E-state index is 5.41. The Balaban J connectivity index is 0.000000121. The molecule has 3 aliphatic rings. The van der Waals surface area contributed by atoms with Gasteiger partial charge in [0.05, 0.1) is 11.7 Å². The lowest BCUT2D eigenvalue weighted by Crippen LogP contribution is -2.41. The van der Waals surface area contributed by atoms with Crippen LogP contribution in [0, 0.1) is 5.92 Å². The van der Waals surface area contributed by atoms with E-state index in [4.69, 9.17) is 18.0 Å². The van der Waals surface area contributed by atoms with Gasteiger partial charge in [-0.15, -0.1) is 0 Å². The summed E-state index contributed by atoms with van der Waals surface area (Å²) in [6.45, 7) is 1.99. The van der Waals surface area contributed by atoms with Crippen molar-refractivity contribution in [2.24, 2.45) is 5.92 Å². The van der Waals surface area contributed by atoms with Crippen LogP contribution in [0.2, 0.25) is 6.04 Å². The summed E-state index contributed by atoms with van der Waals surface area (Å²) < 4.78 is 20.7. The van der Waals surface area contributed by atoms with Gasteiger partial charge in [-0.1, -0.05) is 6.92 Å². The van der Waals surface area contributed by atoms with Gasteiger partial charge in [0.2, 0.25) is 0 Å². The number of rotatable bonds is 4. The summed E-state index contributed by atoms with van der Waals surface area (Å²) in [5.41, 5.74) is 0.528. The van der Waals surface area contributed by atoms with Crippen molar-refractivity contribution in [1.29, 1.82) is 0 Å². The Labute approximate surface area is 98.6 Å². The molecule has 0 aromatic rings. The second kappa shape index (κ2) is 4.38. The summed E-state index contributed by atoms with van der Waals surface area (Å²) in [5.74, 6) is 1.01. The molecule has 3 fully saturated rings. The van der Waals surface area contributed by atoms with E-state index < -0.39 is 8.80 Å². The average Bonchev–Trinajstić information content (AvgIpc) is 3.21. The zero-order valence-electron chi connectivity index (χ0n) is 10.6. The second-order valence-electron chi connectivity index (χ2n) is 4.69. The molecule has 2 aliphatic carbocycles. The van der Waals surface area contributed by atoms with Crippen LogP contribution in [0.25, 0.3) is 0 Å². The largest absolute Gasteiger partial charge is 0.499 e. The molecule has 3 atom stereocenters. The molecule has 0 aromatic carbocycles. The molecule has 1 saturated heterocycles. The van der Waals surface area contributed by atoms with E-state index >= 15 is 0 Å². The van der Waals surface area contributed by atoms with E-state index in [-0.39, 0.29) is 0 Å². The van der Waals surface area contributed by atoms with Gasteiger partial charge in [-0.2, -0.15) is 0 Å². The van der Waals surface area contributed by atoms with E-state index in [1.165, 1.54) is 19.3 Å². The van der Waals surface area contributed by atoms with Crippen LogP contribution >= 0.6 is 0 Å². The topological polar surface area (TPSA) is 40.2 Å². The first-order chi connectivity index (χ1) is 7.66. The van der Waals surface area contributed by atoms with E-state index in [0.29, 0.717) is 5.60 Å². The van der Waals surface area contributed by atoms with Gasteiger partial charge in [-0.25, -0.2) is 0 Å². The maximum atomic E-state index is 5.41. The van der Waals surface area contributed by atoms with Crippen molar-refractivity contribution in [2.45, 2.75) is 43.9 Å². The Morgan fingerprint density at radius 3 is 1.88 bits per heavy atom. The van der Waals surface area contributed by atoms with Crippen molar-refractivity contribution in [2.75, 3.05) is 21.3 Å². The number of ether oxygens (including phenoxy) is 1. The Morgan fingerprint density at radius 2 is 1.81 bits per heavy atom. The molecule has 5 heteroatoms. The van der Waals surface area contributed by atoms with E-state index in [9.17, 15) is 0 Å². The van der Waals surface area contributed by atoms with E-state index in [1.54, 1.807) is 21.3 Å². The van der Waals surface area contributed by atoms with Crippen LogP contribution in [-0.4, -0.2) is 41.8 Å². The lowest BCUT2D eigenvalue weighted by Gasteiger charge is -2.22. The average molecular weight is 246 g/mol. The van der Waals surface area contributed by atoms with Gasteiger partial charge < -0.3 is 18.0 Å². The highest BCUT2D eigenvalue weighted by molar-refractivity contribution is 6.60. The molecule has 0 N–H and O–H groups in total. The predicted octanol–water partition coefficient (Wildman–Crippen LogP) is 1.82. The molecule has 2 saturated carbocycles. The van der Waals surface area contributed by atoms with Crippen molar-refractivity contribution < 1.29 is 18.0 Å². The minimum absolute atomic E-state index is 0.528. The van der Waals surface area contributed by atoms with E-state index in [2.05, 4.69) is 0 Å². The zero-order chi connectivity index (χ0) is 11.8. The molecule has 0 amide bonds. The van der Waals surface area contributed by atoms with Crippen molar-refractivity contribution in [3.8, 4) is 0 Å². The summed E-state index contributed by atoms with van der Waals surface area (Å²) in [7, 11) is 2.65. The molecule has 1 spiro atoms. The first-order valence-corrected chi connectivity index (χ1v) is 7.93. The molecule has 1 heterocycles. The zero-order valence-corrected chi connectivity index (χ0v) is 11.6. The van der Waals surface area contributed by atoms with Gasteiger partial charge in [-0.3, -0.25) is 0 Å².